The predicted octanol–water partition coefficient (Wildman–Crippen LogP) is 2.70. The van der Waals surface area contributed by atoms with Gasteiger partial charge in [-0.2, -0.15) is 0 Å². The lowest BCUT2D eigenvalue weighted by Gasteiger charge is -2.09. The molecule has 1 N–H and O–H groups in total. The van der Waals surface area contributed by atoms with Gasteiger partial charge in [0.05, 0.1) is 18.2 Å². The van der Waals surface area contributed by atoms with Crippen LogP contribution >= 0.6 is 0 Å². The first kappa shape index (κ1) is 20.4. The van der Waals surface area contributed by atoms with Gasteiger partial charge in [0.15, 0.2) is 0 Å². The van der Waals surface area contributed by atoms with E-state index in [0.717, 1.165) is 21.9 Å². The van der Waals surface area contributed by atoms with Gasteiger partial charge in [-0.25, -0.2) is 4.79 Å². The van der Waals surface area contributed by atoms with Crippen molar-refractivity contribution in [3.8, 4) is 11.1 Å². The van der Waals surface area contributed by atoms with E-state index in [9.17, 15) is 19.5 Å². The van der Waals surface area contributed by atoms with Gasteiger partial charge in [-0.1, -0.05) is 30.3 Å². The summed E-state index contributed by atoms with van der Waals surface area (Å²) in [7, 11) is 0. The normalized spacial score (nSPS) is 11.1. The first-order chi connectivity index (χ1) is 14.9. The van der Waals surface area contributed by atoms with Crippen molar-refractivity contribution in [1.82, 2.24) is 5.32 Å². The molecule has 4 aromatic rings. The Morgan fingerprint density at radius 3 is 2.58 bits per heavy atom. The van der Waals surface area contributed by atoms with E-state index in [0.29, 0.717) is 16.7 Å². The van der Waals surface area contributed by atoms with Crippen molar-refractivity contribution in [3.05, 3.63) is 70.3 Å². The molecule has 0 atom stereocenters. The highest BCUT2D eigenvalue weighted by Crippen LogP contribution is 2.34. The minimum absolute atomic E-state index is 0.137. The van der Waals surface area contributed by atoms with Crippen molar-refractivity contribution < 1.29 is 23.5 Å². The number of carbonyl (C=O) groups excluding carboxylic acids is 2. The van der Waals surface area contributed by atoms with Gasteiger partial charge in [-0.15, -0.1) is 0 Å². The highest BCUT2D eigenvalue weighted by molar-refractivity contribution is 6.02. The first-order valence-electron chi connectivity index (χ1n) is 9.93. The minimum atomic E-state index is -1.17. The molecule has 31 heavy (non-hydrogen) atoms. The third kappa shape index (κ3) is 4.21. The van der Waals surface area contributed by atoms with E-state index in [4.69, 9.17) is 8.83 Å². The molecular weight excluding hydrogens is 398 g/mol. The number of carbonyl (C=O) groups is 2. The molecule has 7 nitrogen and oxygen atoms in total. The molecule has 0 radical (unpaired) electrons. The fourth-order valence-electron chi connectivity index (χ4n) is 3.64. The Balaban J connectivity index is 1.68. The number of carboxylic acids is 1. The molecule has 7 heteroatoms. The zero-order valence-corrected chi connectivity index (χ0v) is 16.9. The fraction of sp³-hybridized carbons (Fsp3) is 0.208. The van der Waals surface area contributed by atoms with Gasteiger partial charge < -0.3 is 24.1 Å². The Hall–Kier alpha value is -3.87. The summed E-state index contributed by atoms with van der Waals surface area (Å²) in [5, 5.41) is 14.7. The summed E-state index contributed by atoms with van der Waals surface area (Å²) >= 11 is 0. The molecule has 0 spiro atoms. The van der Waals surface area contributed by atoms with Gasteiger partial charge in [-0.05, 0) is 37.0 Å². The molecule has 0 aliphatic heterocycles. The van der Waals surface area contributed by atoms with Crippen LogP contribution < -0.4 is 16.0 Å². The second-order valence-electron chi connectivity index (χ2n) is 7.36. The molecule has 0 saturated heterocycles. The molecule has 2 heterocycles. The monoisotopic (exact) mass is 418 g/mol. The van der Waals surface area contributed by atoms with E-state index < -0.39 is 11.6 Å². The van der Waals surface area contributed by atoms with Gasteiger partial charge in [0.1, 0.15) is 11.2 Å². The third-order valence-electron chi connectivity index (χ3n) is 5.28. The summed E-state index contributed by atoms with van der Waals surface area (Å²) in [6.07, 6.45) is 1.65. The number of hydrogen-bond acceptors (Lipinski definition) is 6. The molecule has 0 saturated carbocycles. The summed E-state index contributed by atoms with van der Waals surface area (Å²) in [4.78, 5) is 35.2. The summed E-state index contributed by atoms with van der Waals surface area (Å²) in [5.74, 6) is -1.54. The fourth-order valence-corrected chi connectivity index (χ4v) is 3.64. The number of hydrogen-bond donors (Lipinski definition) is 1. The number of carboxylic acid groups (broad SMARTS) is 1. The Morgan fingerprint density at radius 2 is 1.84 bits per heavy atom. The number of benzene rings is 2. The van der Waals surface area contributed by atoms with Crippen LogP contribution in [0.15, 0.2) is 62.4 Å². The highest BCUT2D eigenvalue weighted by atomic mass is 16.4. The van der Waals surface area contributed by atoms with Gasteiger partial charge in [-0.3, -0.25) is 4.79 Å². The maximum atomic E-state index is 12.5. The van der Waals surface area contributed by atoms with Gasteiger partial charge in [0.2, 0.25) is 5.91 Å². The largest absolute Gasteiger partial charge is 0.550 e. The topological polar surface area (TPSA) is 113 Å². The van der Waals surface area contributed by atoms with E-state index in [2.05, 4.69) is 5.32 Å². The average molecular weight is 418 g/mol. The first-order valence-corrected chi connectivity index (χ1v) is 9.93. The lowest BCUT2D eigenvalue weighted by molar-refractivity contribution is -0.305. The van der Waals surface area contributed by atoms with E-state index in [1.807, 2.05) is 36.4 Å². The summed E-state index contributed by atoms with van der Waals surface area (Å²) < 4.78 is 11.2. The van der Waals surface area contributed by atoms with E-state index in [1.54, 1.807) is 19.3 Å². The second-order valence-corrected chi connectivity index (χ2v) is 7.36. The molecule has 0 fully saturated rings. The summed E-state index contributed by atoms with van der Waals surface area (Å²) in [6.45, 7) is 1.98. The van der Waals surface area contributed by atoms with Crippen LogP contribution in [0.1, 0.15) is 24.0 Å². The number of fused-ring (bicyclic) bond motifs is 2. The van der Waals surface area contributed by atoms with Crippen LogP contribution in [0.2, 0.25) is 0 Å². The van der Waals surface area contributed by atoms with Crippen molar-refractivity contribution in [2.24, 2.45) is 0 Å². The zero-order chi connectivity index (χ0) is 22.0. The number of furan rings is 1. The Kier molecular flexibility index (Phi) is 5.58. The zero-order valence-electron chi connectivity index (χ0n) is 16.9. The summed E-state index contributed by atoms with van der Waals surface area (Å²) in [5.41, 5.74) is 3.29. The molecule has 1 amide bonds. The standard InChI is InChI=1S/C24H21NO6/c1-14-16-10-18-19(15-6-3-2-4-7-15)13-30-20(18)12-21(16)31-24(29)17(14)11-22(26)25-9-5-8-23(27)28/h2-4,6-7,10,12-13H,5,8-9,11H2,1H3,(H,25,26)(H,27,28)/p-1. The molecule has 2 aromatic heterocycles. The van der Waals surface area contributed by atoms with Crippen molar-refractivity contribution in [2.45, 2.75) is 26.2 Å². The molecule has 0 bridgehead atoms. The van der Waals surface area contributed by atoms with Crippen LogP contribution in [-0.4, -0.2) is 18.4 Å². The maximum absolute atomic E-state index is 12.5. The molecule has 158 valence electrons. The molecule has 0 unspecified atom stereocenters. The number of aryl methyl sites for hydroxylation is 1. The summed E-state index contributed by atoms with van der Waals surface area (Å²) in [6, 6.07) is 13.4. The molecular formula is C24H20NO6-. The van der Waals surface area contributed by atoms with Crippen LogP contribution in [0.4, 0.5) is 0 Å². The van der Waals surface area contributed by atoms with Gasteiger partial charge in [0.25, 0.3) is 0 Å². The number of nitrogens with one attached hydrogen (secondary N) is 1. The lowest BCUT2D eigenvalue weighted by Crippen LogP contribution is -2.30. The lowest BCUT2D eigenvalue weighted by atomic mass is 9.99. The quantitative estimate of drug-likeness (QED) is 0.365. The van der Waals surface area contributed by atoms with E-state index in [1.165, 1.54) is 0 Å². The molecule has 4 rings (SSSR count). The molecule has 2 aromatic carbocycles. The Morgan fingerprint density at radius 1 is 1.06 bits per heavy atom. The second kappa shape index (κ2) is 8.47. The highest BCUT2D eigenvalue weighted by Gasteiger charge is 2.17. The number of aliphatic carboxylic acids is 1. The van der Waals surface area contributed by atoms with Gasteiger partial charge in [0, 0.05) is 34.9 Å². The number of amides is 1. The van der Waals surface area contributed by atoms with Gasteiger partial charge >= 0.3 is 5.63 Å². The maximum Gasteiger partial charge on any atom is 0.340 e. The van der Waals surface area contributed by atoms with Crippen molar-refractivity contribution in [1.29, 1.82) is 0 Å². The van der Waals surface area contributed by atoms with Crippen molar-refractivity contribution in [2.75, 3.05) is 6.54 Å². The molecule has 0 aliphatic carbocycles. The van der Waals surface area contributed by atoms with Crippen molar-refractivity contribution in [3.63, 3.8) is 0 Å². The van der Waals surface area contributed by atoms with Crippen LogP contribution in [0.5, 0.6) is 0 Å². The molecule has 0 aliphatic rings. The Labute approximate surface area is 177 Å². The number of rotatable bonds is 7. The van der Waals surface area contributed by atoms with E-state index >= 15 is 0 Å². The average Bonchev–Trinajstić information content (AvgIpc) is 3.16. The van der Waals surface area contributed by atoms with Crippen molar-refractivity contribution >= 4 is 33.8 Å². The van der Waals surface area contributed by atoms with Crippen LogP contribution in [-0.2, 0) is 16.0 Å². The third-order valence-corrected chi connectivity index (χ3v) is 5.28. The van der Waals surface area contributed by atoms with Crippen LogP contribution in [0.3, 0.4) is 0 Å². The minimum Gasteiger partial charge on any atom is -0.550 e. The SMILES string of the molecule is Cc1c(CC(=O)NCCCC(=O)[O-])c(=O)oc2cc3occ(-c4ccccc4)c3cc12. The predicted molar refractivity (Wildman–Crippen MR) is 113 cm³/mol. The van der Waals surface area contributed by atoms with E-state index in [-0.39, 0.29) is 37.3 Å². The van der Waals surface area contributed by atoms with Crippen LogP contribution in [0, 0.1) is 6.92 Å². The smallest absolute Gasteiger partial charge is 0.340 e. The Bertz CT molecular complexity index is 1330. The van der Waals surface area contributed by atoms with Crippen LogP contribution in [0.25, 0.3) is 33.1 Å².